The Labute approximate surface area is 91.3 Å². The number of methoxy groups -OCH3 is 1. The summed E-state index contributed by atoms with van der Waals surface area (Å²) >= 11 is 0. The van der Waals surface area contributed by atoms with Crippen LogP contribution in [0.5, 0.6) is 5.75 Å². The number of carbonyl (C=O) groups is 1. The zero-order valence-corrected chi connectivity index (χ0v) is 9.67. The maximum Gasteiger partial charge on any atom is 0.163 e. The van der Waals surface area contributed by atoms with Crippen molar-refractivity contribution in [1.82, 2.24) is 0 Å². The van der Waals surface area contributed by atoms with E-state index >= 15 is 0 Å². The SMILES string of the molecule is CCCCc1cccc(C(C)=O)c1OC. The van der Waals surface area contributed by atoms with Gasteiger partial charge in [0.15, 0.2) is 5.78 Å². The van der Waals surface area contributed by atoms with Gasteiger partial charge in [0.2, 0.25) is 0 Å². The summed E-state index contributed by atoms with van der Waals surface area (Å²) in [6.07, 6.45) is 3.24. The Bertz CT molecular complexity index is 342. The van der Waals surface area contributed by atoms with Crippen LogP contribution in [0.3, 0.4) is 0 Å². The second kappa shape index (κ2) is 5.54. The molecule has 0 unspecified atom stereocenters. The quantitative estimate of drug-likeness (QED) is 0.691. The lowest BCUT2D eigenvalue weighted by molar-refractivity contribution is 0.101. The molecule has 0 saturated heterocycles. The molecule has 0 spiro atoms. The van der Waals surface area contributed by atoms with Crippen molar-refractivity contribution in [2.45, 2.75) is 33.1 Å². The van der Waals surface area contributed by atoms with Gasteiger partial charge in [-0.05, 0) is 31.4 Å². The van der Waals surface area contributed by atoms with Crippen LogP contribution in [0.1, 0.15) is 42.6 Å². The molecule has 2 nitrogen and oxygen atoms in total. The molecule has 0 N–H and O–H groups in total. The van der Waals surface area contributed by atoms with Crippen LogP contribution >= 0.6 is 0 Å². The summed E-state index contributed by atoms with van der Waals surface area (Å²) in [5, 5.41) is 0. The summed E-state index contributed by atoms with van der Waals surface area (Å²) in [5.41, 5.74) is 1.82. The molecule has 0 aliphatic carbocycles. The monoisotopic (exact) mass is 206 g/mol. The highest BCUT2D eigenvalue weighted by Gasteiger charge is 2.11. The first-order valence-corrected chi connectivity index (χ1v) is 5.37. The van der Waals surface area contributed by atoms with Crippen LogP contribution in [-0.4, -0.2) is 12.9 Å². The van der Waals surface area contributed by atoms with E-state index < -0.39 is 0 Å². The van der Waals surface area contributed by atoms with Crippen LogP contribution in [-0.2, 0) is 6.42 Å². The Morgan fingerprint density at radius 1 is 1.40 bits per heavy atom. The first-order chi connectivity index (χ1) is 7.20. The summed E-state index contributed by atoms with van der Waals surface area (Å²) in [7, 11) is 1.62. The number of ether oxygens (including phenoxy) is 1. The van der Waals surface area contributed by atoms with Crippen LogP contribution in [0, 0.1) is 0 Å². The molecular formula is C13H18O2. The van der Waals surface area contributed by atoms with Gasteiger partial charge >= 0.3 is 0 Å². The highest BCUT2D eigenvalue weighted by atomic mass is 16.5. The van der Waals surface area contributed by atoms with Crippen LogP contribution in [0.2, 0.25) is 0 Å². The van der Waals surface area contributed by atoms with Crippen molar-refractivity contribution in [3.8, 4) is 5.75 Å². The Morgan fingerprint density at radius 2 is 2.13 bits per heavy atom. The number of carbonyl (C=O) groups excluding carboxylic acids is 1. The number of hydrogen-bond donors (Lipinski definition) is 0. The van der Waals surface area contributed by atoms with E-state index in [0.717, 1.165) is 30.6 Å². The predicted molar refractivity (Wildman–Crippen MR) is 61.6 cm³/mol. The Morgan fingerprint density at radius 3 is 2.67 bits per heavy atom. The molecule has 0 heterocycles. The first-order valence-electron chi connectivity index (χ1n) is 5.37. The van der Waals surface area contributed by atoms with Gasteiger partial charge in [0, 0.05) is 0 Å². The van der Waals surface area contributed by atoms with E-state index in [9.17, 15) is 4.79 Å². The lowest BCUT2D eigenvalue weighted by atomic mass is 10.0. The zero-order valence-electron chi connectivity index (χ0n) is 9.67. The number of Topliss-reactive ketones (excluding diaryl/α,β-unsaturated/α-hetero) is 1. The van der Waals surface area contributed by atoms with Gasteiger partial charge in [-0.25, -0.2) is 0 Å². The predicted octanol–water partition coefficient (Wildman–Crippen LogP) is 3.24. The van der Waals surface area contributed by atoms with Crippen molar-refractivity contribution in [2.24, 2.45) is 0 Å². The van der Waals surface area contributed by atoms with E-state index in [1.165, 1.54) is 0 Å². The first kappa shape index (κ1) is 11.8. The van der Waals surface area contributed by atoms with E-state index in [-0.39, 0.29) is 5.78 Å². The summed E-state index contributed by atoms with van der Waals surface area (Å²) < 4.78 is 5.31. The molecule has 0 radical (unpaired) electrons. The molecule has 1 aromatic rings. The fourth-order valence-electron chi connectivity index (χ4n) is 1.67. The molecule has 0 fully saturated rings. The summed E-state index contributed by atoms with van der Waals surface area (Å²) in [4.78, 5) is 11.4. The summed E-state index contributed by atoms with van der Waals surface area (Å²) in [6, 6.07) is 5.77. The number of unbranched alkanes of at least 4 members (excludes halogenated alkanes) is 1. The van der Waals surface area contributed by atoms with E-state index in [0.29, 0.717) is 5.56 Å². The standard InChI is InChI=1S/C13H18O2/c1-4-5-7-11-8-6-9-12(10(2)14)13(11)15-3/h6,8-9H,4-5,7H2,1-3H3. The van der Waals surface area contributed by atoms with Crippen molar-refractivity contribution in [3.05, 3.63) is 29.3 Å². The van der Waals surface area contributed by atoms with Crippen LogP contribution in [0.25, 0.3) is 0 Å². The molecule has 1 rings (SSSR count). The minimum atomic E-state index is 0.0604. The van der Waals surface area contributed by atoms with Crippen LogP contribution in [0.15, 0.2) is 18.2 Å². The molecule has 0 aliphatic heterocycles. The molecule has 0 bridgehead atoms. The largest absolute Gasteiger partial charge is 0.496 e. The van der Waals surface area contributed by atoms with Crippen molar-refractivity contribution in [3.63, 3.8) is 0 Å². The number of hydrogen-bond acceptors (Lipinski definition) is 2. The maximum atomic E-state index is 11.4. The zero-order chi connectivity index (χ0) is 11.3. The van der Waals surface area contributed by atoms with Gasteiger partial charge in [0.25, 0.3) is 0 Å². The lowest BCUT2D eigenvalue weighted by Crippen LogP contribution is -2.01. The fraction of sp³-hybridized carbons (Fsp3) is 0.462. The van der Waals surface area contributed by atoms with Gasteiger partial charge in [-0.1, -0.05) is 25.5 Å². The average Bonchev–Trinajstić information content (AvgIpc) is 2.25. The van der Waals surface area contributed by atoms with E-state index in [4.69, 9.17) is 4.74 Å². The van der Waals surface area contributed by atoms with Gasteiger partial charge in [-0.3, -0.25) is 4.79 Å². The molecule has 0 saturated carbocycles. The second-order valence-electron chi connectivity index (χ2n) is 3.66. The summed E-state index contributed by atoms with van der Waals surface area (Å²) in [5.74, 6) is 0.809. The molecule has 0 aliphatic rings. The average molecular weight is 206 g/mol. The van der Waals surface area contributed by atoms with Gasteiger partial charge in [-0.15, -0.1) is 0 Å². The highest BCUT2D eigenvalue weighted by Crippen LogP contribution is 2.25. The Balaban J connectivity index is 3.04. The van der Waals surface area contributed by atoms with E-state index in [1.807, 2.05) is 18.2 Å². The minimum Gasteiger partial charge on any atom is -0.496 e. The van der Waals surface area contributed by atoms with Gasteiger partial charge in [0.1, 0.15) is 5.75 Å². The second-order valence-corrected chi connectivity index (χ2v) is 3.66. The third-order valence-electron chi connectivity index (χ3n) is 2.48. The number of benzene rings is 1. The van der Waals surface area contributed by atoms with Gasteiger partial charge in [0.05, 0.1) is 12.7 Å². The maximum absolute atomic E-state index is 11.4. The van der Waals surface area contributed by atoms with Crippen molar-refractivity contribution < 1.29 is 9.53 Å². The van der Waals surface area contributed by atoms with Crippen molar-refractivity contribution >= 4 is 5.78 Å². The van der Waals surface area contributed by atoms with Gasteiger partial charge in [-0.2, -0.15) is 0 Å². The molecular weight excluding hydrogens is 188 g/mol. The summed E-state index contributed by atoms with van der Waals surface area (Å²) in [6.45, 7) is 3.72. The smallest absolute Gasteiger partial charge is 0.163 e. The van der Waals surface area contributed by atoms with E-state index in [2.05, 4.69) is 6.92 Å². The van der Waals surface area contributed by atoms with Crippen LogP contribution in [0.4, 0.5) is 0 Å². The Hall–Kier alpha value is -1.31. The number of aryl methyl sites for hydroxylation is 1. The van der Waals surface area contributed by atoms with E-state index in [1.54, 1.807) is 14.0 Å². The fourth-order valence-corrected chi connectivity index (χ4v) is 1.67. The molecule has 0 amide bonds. The van der Waals surface area contributed by atoms with Crippen molar-refractivity contribution in [2.75, 3.05) is 7.11 Å². The molecule has 2 heteroatoms. The topological polar surface area (TPSA) is 26.3 Å². The lowest BCUT2D eigenvalue weighted by Gasteiger charge is -2.11. The number of ketones is 1. The Kier molecular flexibility index (Phi) is 4.35. The highest BCUT2D eigenvalue weighted by molar-refractivity contribution is 5.97. The number of rotatable bonds is 5. The third kappa shape index (κ3) is 2.82. The molecule has 0 atom stereocenters. The molecule has 15 heavy (non-hydrogen) atoms. The van der Waals surface area contributed by atoms with Gasteiger partial charge < -0.3 is 4.74 Å². The minimum absolute atomic E-state index is 0.0604. The molecule has 82 valence electrons. The normalized spacial score (nSPS) is 10.1. The third-order valence-corrected chi connectivity index (χ3v) is 2.48. The number of para-hydroxylation sites is 1. The van der Waals surface area contributed by atoms with Crippen molar-refractivity contribution in [1.29, 1.82) is 0 Å². The molecule has 0 aromatic heterocycles. The van der Waals surface area contributed by atoms with Crippen LogP contribution < -0.4 is 4.74 Å². The molecule has 1 aromatic carbocycles.